The predicted molar refractivity (Wildman–Crippen MR) is 169 cm³/mol. The molecule has 45 heavy (non-hydrogen) atoms. The maximum Gasteiger partial charge on any atom is 0.653 e. The third-order valence-electron chi connectivity index (χ3n) is 4.50. The van der Waals surface area contributed by atoms with Crippen LogP contribution in [0.15, 0.2) is 0 Å². The number of rotatable bonds is 12. The van der Waals surface area contributed by atoms with Crippen LogP contribution in [0.3, 0.4) is 0 Å². The molecule has 33 heteroatoms. The molecule has 0 saturated carbocycles. The summed E-state index contributed by atoms with van der Waals surface area (Å²) in [6.45, 7) is 16.1. The van der Waals surface area contributed by atoms with Gasteiger partial charge in [0.15, 0.2) is 0 Å². The van der Waals surface area contributed by atoms with Crippen LogP contribution in [0.4, 0.5) is 0 Å². The average molecular weight is 859 g/mol. The molecule has 0 aliphatic carbocycles. The quantitative estimate of drug-likeness (QED) is 0.117. The fourth-order valence-electron chi connectivity index (χ4n) is 3.96. The van der Waals surface area contributed by atoms with Gasteiger partial charge in [-0.2, -0.15) is 0 Å². The molecule has 0 atom stereocenters. The van der Waals surface area contributed by atoms with E-state index in [2.05, 4.69) is 0 Å². The van der Waals surface area contributed by atoms with E-state index in [0.717, 1.165) is 0 Å². The van der Waals surface area contributed by atoms with Crippen molar-refractivity contribution in [2.45, 2.75) is 78.6 Å². The lowest BCUT2D eigenvalue weighted by atomic mass is 11.9. The molecule has 6 bridgehead atoms. The van der Waals surface area contributed by atoms with Gasteiger partial charge in [-0.15, -0.1) is 0 Å². The lowest BCUT2D eigenvalue weighted by Gasteiger charge is -2.60. The molecule has 0 aromatic carbocycles. The third-order valence-corrected chi connectivity index (χ3v) is 40.5. The zero-order chi connectivity index (χ0) is 34.6. The maximum absolute atomic E-state index is 11.0. The molecule has 6 N–H and O–H groups in total. The van der Waals surface area contributed by atoms with Crippen LogP contribution >= 0.6 is 0 Å². The van der Waals surface area contributed by atoms with Crippen molar-refractivity contribution in [3.8, 4) is 0 Å². The Labute approximate surface area is 273 Å². The van der Waals surface area contributed by atoms with Crippen LogP contribution in [-0.2, 0) is 61.7 Å². The highest BCUT2D eigenvalue weighted by Crippen LogP contribution is 2.51. The second-order valence-corrected chi connectivity index (χ2v) is 48.8. The highest BCUT2D eigenvalue weighted by Gasteiger charge is 2.92. The highest BCUT2D eigenvalue weighted by molar-refractivity contribution is 7.02. The molecule has 5 aliphatic rings. The molecule has 0 unspecified atom stereocenters. The molecule has 5 fully saturated rings. The molecule has 5 heterocycles. The largest absolute Gasteiger partial charge is 0.653 e. The summed E-state index contributed by atoms with van der Waals surface area (Å²) >= 11 is 0. The Morgan fingerprint density at radius 3 is 0.422 bits per heavy atom. The first-order valence-corrected chi connectivity index (χ1v) is 40.4. The lowest BCUT2D eigenvalue weighted by Crippen LogP contribution is -2.93. The Hall–Kier alpha value is 1.76. The standard InChI is InChI=1S/C12H42O21Si12/c1-34(2,13)19-40-25-41(20-35(3,4)14)27-42(26-40,21-36(5,6)15)33-45(24-39(11,12)18)29-43(31-40,22-37(7,8)16)28-44(30-45,32-41)23-38(9,10)17/h13-18H,1-12H3. The van der Waals surface area contributed by atoms with Gasteiger partial charge in [0.05, 0.1) is 0 Å². The van der Waals surface area contributed by atoms with Crippen molar-refractivity contribution in [3.63, 3.8) is 0 Å². The molecular weight excluding hydrogens is 817 g/mol. The molecule has 0 spiro atoms. The van der Waals surface area contributed by atoms with Gasteiger partial charge >= 0.3 is 106 Å². The first-order valence-electron chi connectivity index (χ1n) is 13.5. The van der Waals surface area contributed by atoms with Gasteiger partial charge in [-0.05, 0) is 78.6 Å². The molecule has 0 radical (unpaired) electrons. The van der Waals surface area contributed by atoms with Gasteiger partial charge in [-0.25, -0.2) is 0 Å². The molecule has 5 saturated heterocycles. The fourth-order valence-corrected chi connectivity index (χ4v) is 49.2. The van der Waals surface area contributed by atoms with Crippen molar-refractivity contribution >= 4 is 106 Å². The van der Waals surface area contributed by atoms with Gasteiger partial charge < -0.3 is 90.5 Å². The van der Waals surface area contributed by atoms with Crippen LogP contribution < -0.4 is 0 Å². The van der Waals surface area contributed by atoms with E-state index in [-0.39, 0.29) is 0 Å². The second-order valence-electron chi connectivity index (χ2n) is 13.2. The van der Waals surface area contributed by atoms with E-state index < -0.39 is 106 Å². The summed E-state index contributed by atoms with van der Waals surface area (Å²) in [5, 5.41) is 0. The molecule has 5 aliphatic heterocycles. The summed E-state index contributed by atoms with van der Waals surface area (Å²) in [6.07, 6.45) is 0. The Balaban J connectivity index is 2.12. The highest BCUT2D eigenvalue weighted by atomic mass is 28.7. The van der Waals surface area contributed by atoms with Crippen molar-refractivity contribution in [1.29, 1.82) is 0 Å². The monoisotopic (exact) mass is 858 g/mol. The van der Waals surface area contributed by atoms with Crippen molar-refractivity contribution in [2.75, 3.05) is 0 Å². The van der Waals surface area contributed by atoms with Gasteiger partial charge in [0.2, 0.25) is 0 Å². The van der Waals surface area contributed by atoms with Crippen LogP contribution in [0.2, 0.25) is 78.6 Å². The van der Waals surface area contributed by atoms with E-state index in [9.17, 15) is 28.8 Å². The number of hydrogen-bond donors (Lipinski definition) is 6. The Kier molecular flexibility index (Phi) is 10.2. The van der Waals surface area contributed by atoms with Crippen LogP contribution in [0.5, 0.6) is 0 Å². The van der Waals surface area contributed by atoms with Crippen LogP contribution in [0.1, 0.15) is 0 Å². The number of hydrogen-bond acceptors (Lipinski definition) is 21. The Bertz CT molecular complexity index is 887. The van der Waals surface area contributed by atoms with E-state index in [4.69, 9.17) is 61.7 Å². The molecule has 5 rings (SSSR count). The van der Waals surface area contributed by atoms with E-state index in [1.807, 2.05) is 0 Å². The summed E-state index contributed by atoms with van der Waals surface area (Å²) in [5.41, 5.74) is 0. The lowest BCUT2D eigenvalue weighted by molar-refractivity contribution is -0.136. The fraction of sp³-hybridized carbons (Fsp3) is 1.00. The minimum Gasteiger partial charge on any atom is -0.411 e. The van der Waals surface area contributed by atoms with Crippen molar-refractivity contribution in [3.05, 3.63) is 0 Å². The van der Waals surface area contributed by atoms with E-state index in [0.29, 0.717) is 0 Å². The Morgan fingerprint density at radius 1 is 0.267 bits per heavy atom. The summed E-state index contributed by atoms with van der Waals surface area (Å²) < 4.78 is 92.3. The van der Waals surface area contributed by atoms with E-state index in [1.165, 1.54) is 78.6 Å². The van der Waals surface area contributed by atoms with Crippen molar-refractivity contribution in [1.82, 2.24) is 0 Å². The van der Waals surface area contributed by atoms with Gasteiger partial charge in [-0.3, -0.25) is 0 Å². The minimum atomic E-state index is -5.15. The van der Waals surface area contributed by atoms with Crippen LogP contribution in [-0.4, -0.2) is 134 Å². The first-order chi connectivity index (χ1) is 19.6. The van der Waals surface area contributed by atoms with E-state index >= 15 is 0 Å². The molecule has 0 amide bonds. The molecule has 264 valence electrons. The molecule has 0 aromatic rings. The smallest absolute Gasteiger partial charge is 0.411 e. The van der Waals surface area contributed by atoms with E-state index in [1.54, 1.807) is 0 Å². The summed E-state index contributed by atoms with van der Waals surface area (Å²) in [6, 6.07) is 0. The normalized spacial score (nSPS) is 39.6. The van der Waals surface area contributed by atoms with Gasteiger partial charge in [-0.1, -0.05) is 0 Å². The van der Waals surface area contributed by atoms with Gasteiger partial charge in [0.25, 0.3) is 0 Å². The maximum atomic E-state index is 11.0. The second kappa shape index (κ2) is 11.6. The van der Waals surface area contributed by atoms with Gasteiger partial charge in [0, 0.05) is 0 Å². The van der Waals surface area contributed by atoms with Crippen LogP contribution in [0, 0.1) is 0 Å². The molecule has 0 aromatic heterocycles. The minimum absolute atomic E-state index is 1.34. The summed E-state index contributed by atoms with van der Waals surface area (Å²) in [7, 11) is -53.7. The summed E-state index contributed by atoms with van der Waals surface area (Å²) in [5.74, 6) is 0. The first kappa shape index (κ1) is 39.5. The van der Waals surface area contributed by atoms with Crippen molar-refractivity contribution < 1.29 is 90.5 Å². The predicted octanol–water partition coefficient (Wildman–Crippen LogP) is -1.93. The topological polar surface area (TPSA) is 260 Å². The van der Waals surface area contributed by atoms with Gasteiger partial charge in [0.1, 0.15) is 0 Å². The molecular formula is C12H42O21Si12. The third kappa shape index (κ3) is 10.4. The SMILES string of the molecule is C[Si](C)(O)O[Si]12O[Si]3(O[Si](C)(C)O)O[Si](O[Si](C)(C)O)(O1)O[Si]1(O[Si](C)(C)O)O[Si](O[Si](C)(C)O)(O[Si](O[Si](C)(C)O)(O1)O3)O2. The zero-order valence-electron chi connectivity index (χ0n) is 26.8. The average Bonchev–Trinajstić information content (AvgIpc) is 2.52. The van der Waals surface area contributed by atoms with Crippen LogP contribution in [0.25, 0.3) is 0 Å². The molecule has 21 nitrogen and oxygen atoms in total. The summed E-state index contributed by atoms with van der Waals surface area (Å²) in [4.78, 5) is 66.1. The van der Waals surface area contributed by atoms with Crippen molar-refractivity contribution in [2.24, 2.45) is 0 Å². The Morgan fingerprint density at radius 2 is 0.356 bits per heavy atom. The zero-order valence-corrected chi connectivity index (χ0v) is 38.8.